The number of nitrogens with zero attached hydrogens (tertiary/aromatic N) is 1. The molecule has 1 aromatic carbocycles. The van der Waals surface area contributed by atoms with Crippen LogP contribution in [-0.4, -0.2) is 52.6 Å². The Morgan fingerprint density at radius 2 is 1.90 bits per heavy atom. The van der Waals surface area contributed by atoms with Gasteiger partial charge in [0.25, 0.3) is 0 Å². The number of nitrogens with one attached hydrogen (secondary N) is 1. The summed E-state index contributed by atoms with van der Waals surface area (Å²) in [6, 6.07) is 8.75. The number of benzene rings is 1. The van der Waals surface area contributed by atoms with E-state index in [0.29, 0.717) is 19.5 Å². The van der Waals surface area contributed by atoms with E-state index in [-0.39, 0.29) is 5.91 Å². The van der Waals surface area contributed by atoms with Gasteiger partial charge >= 0.3 is 6.09 Å². The SMILES string of the molecule is O=C(O)N[C@@H](Cc1ccccc1)C(=O)N1CCSCC1. The predicted octanol–water partition coefficient (Wildman–Crippen LogP) is 1.44. The number of hydrogen-bond donors (Lipinski definition) is 2. The molecule has 1 atom stereocenters. The van der Waals surface area contributed by atoms with Gasteiger partial charge in [0.2, 0.25) is 5.91 Å². The molecule has 5 nitrogen and oxygen atoms in total. The first kappa shape index (κ1) is 14.7. The van der Waals surface area contributed by atoms with Crippen LogP contribution in [0.5, 0.6) is 0 Å². The Bertz CT molecular complexity index is 461. The molecule has 0 saturated carbocycles. The first-order valence-electron chi connectivity index (χ1n) is 6.57. The van der Waals surface area contributed by atoms with Crippen molar-refractivity contribution in [2.24, 2.45) is 0 Å². The molecule has 2 N–H and O–H groups in total. The maximum absolute atomic E-state index is 12.4. The fourth-order valence-electron chi connectivity index (χ4n) is 2.20. The van der Waals surface area contributed by atoms with Gasteiger partial charge in [-0.1, -0.05) is 30.3 Å². The number of amides is 2. The quantitative estimate of drug-likeness (QED) is 0.881. The number of carbonyl (C=O) groups excluding carboxylic acids is 1. The highest BCUT2D eigenvalue weighted by Gasteiger charge is 2.27. The summed E-state index contributed by atoms with van der Waals surface area (Å²) in [5.41, 5.74) is 0.950. The van der Waals surface area contributed by atoms with Crippen LogP contribution in [0.1, 0.15) is 5.56 Å². The van der Waals surface area contributed by atoms with Crippen molar-refractivity contribution in [3.8, 4) is 0 Å². The summed E-state index contributed by atoms with van der Waals surface area (Å²) in [6.07, 6.45) is -0.777. The highest BCUT2D eigenvalue weighted by molar-refractivity contribution is 7.99. The monoisotopic (exact) mass is 294 g/mol. The van der Waals surface area contributed by atoms with E-state index in [1.165, 1.54) is 0 Å². The van der Waals surface area contributed by atoms with Crippen molar-refractivity contribution in [2.45, 2.75) is 12.5 Å². The van der Waals surface area contributed by atoms with Crippen molar-refractivity contribution in [2.75, 3.05) is 24.6 Å². The highest BCUT2D eigenvalue weighted by atomic mass is 32.2. The van der Waals surface area contributed by atoms with Crippen LogP contribution in [-0.2, 0) is 11.2 Å². The molecule has 6 heteroatoms. The zero-order valence-electron chi connectivity index (χ0n) is 11.1. The lowest BCUT2D eigenvalue weighted by atomic mass is 10.0. The van der Waals surface area contributed by atoms with E-state index in [0.717, 1.165) is 17.1 Å². The lowest BCUT2D eigenvalue weighted by Crippen LogP contribution is -2.51. The number of carbonyl (C=O) groups is 2. The van der Waals surface area contributed by atoms with Crippen molar-refractivity contribution in [3.63, 3.8) is 0 Å². The zero-order valence-corrected chi connectivity index (χ0v) is 11.9. The molecular weight excluding hydrogens is 276 g/mol. The second-order valence-electron chi connectivity index (χ2n) is 4.63. The van der Waals surface area contributed by atoms with Crippen molar-refractivity contribution in [3.05, 3.63) is 35.9 Å². The van der Waals surface area contributed by atoms with E-state index < -0.39 is 12.1 Å². The first-order chi connectivity index (χ1) is 9.66. The third-order valence-corrected chi connectivity index (χ3v) is 4.14. The fraction of sp³-hybridized carbons (Fsp3) is 0.429. The van der Waals surface area contributed by atoms with Gasteiger partial charge in [0.15, 0.2) is 0 Å². The summed E-state index contributed by atoms with van der Waals surface area (Å²) in [5, 5.41) is 11.3. The van der Waals surface area contributed by atoms with E-state index in [1.807, 2.05) is 42.1 Å². The predicted molar refractivity (Wildman–Crippen MR) is 79.0 cm³/mol. The van der Waals surface area contributed by atoms with E-state index in [1.54, 1.807) is 4.90 Å². The van der Waals surface area contributed by atoms with Crippen LogP contribution in [0, 0.1) is 0 Å². The molecule has 1 aliphatic rings. The van der Waals surface area contributed by atoms with Gasteiger partial charge < -0.3 is 15.3 Å². The molecule has 2 amide bonds. The smallest absolute Gasteiger partial charge is 0.405 e. The third-order valence-electron chi connectivity index (χ3n) is 3.20. The Kier molecular flexibility index (Phi) is 5.29. The molecule has 1 heterocycles. The second-order valence-corrected chi connectivity index (χ2v) is 5.85. The number of carboxylic acid groups (broad SMARTS) is 1. The Hall–Kier alpha value is -1.69. The highest BCUT2D eigenvalue weighted by Crippen LogP contribution is 2.12. The zero-order chi connectivity index (χ0) is 14.4. The summed E-state index contributed by atoms with van der Waals surface area (Å²) in [7, 11) is 0. The maximum Gasteiger partial charge on any atom is 0.405 e. The van der Waals surface area contributed by atoms with Crippen molar-refractivity contribution < 1.29 is 14.7 Å². The molecule has 0 aromatic heterocycles. The number of hydrogen-bond acceptors (Lipinski definition) is 3. The van der Waals surface area contributed by atoms with Crippen LogP contribution in [0.2, 0.25) is 0 Å². The average molecular weight is 294 g/mol. The number of thioether (sulfide) groups is 1. The van der Waals surface area contributed by atoms with Crippen molar-refractivity contribution >= 4 is 23.8 Å². The van der Waals surface area contributed by atoms with Gasteiger partial charge in [0.05, 0.1) is 0 Å². The topological polar surface area (TPSA) is 69.6 Å². The molecule has 0 aliphatic carbocycles. The Morgan fingerprint density at radius 3 is 2.50 bits per heavy atom. The third kappa shape index (κ3) is 4.16. The first-order valence-corrected chi connectivity index (χ1v) is 7.72. The van der Waals surface area contributed by atoms with E-state index in [4.69, 9.17) is 5.11 Å². The molecule has 1 aliphatic heterocycles. The largest absolute Gasteiger partial charge is 0.465 e. The van der Waals surface area contributed by atoms with Crippen LogP contribution >= 0.6 is 11.8 Å². The summed E-state index contributed by atoms with van der Waals surface area (Å²) in [4.78, 5) is 25.1. The Balaban J connectivity index is 2.05. The standard InChI is InChI=1S/C14H18N2O3S/c17-13(16-6-8-20-9-7-16)12(15-14(18)19)10-11-4-2-1-3-5-11/h1-5,12,15H,6-10H2,(H,18,19)/t12-/m0/s1. The normalized spacial score (nSPS) is 16.5. The van der Waals surface area contributed by atoms with Crippen molar-refractivity contribution in [1.82, 2.24) is 10.2 Å². The minimum Gasteiger partial charge on any atom is -0.465 e. The minimum absolute atomic E-state index is 0.128. The van der Waals surface area contributed by atoms with Crippen molar-refractivity contribution in [1.29, 1.82) is 0 Å². The molecule has 20 heavy (non-hydrogen) atoms. The van der Waals surface area contributed by atoms with Crippen LogP contribution in [0.3, 0.4) is 0 Å². The van der Waals surface area contributed by atoms with E-state index in [9.17, 15) is 9.59 Å². The second kappa shape index (κ2) is 7.19. The fourth-order valence-corrected chi connectivity index (χ4v) is 3.11. The molecular formula is C14H18N2O3S. The van der Waals surface area contributed by atoms with Gasteiger partial charge in [-0.3, -0.25) is 4.79 Å². The van der Waals surface area contributed by atoms with Gasteiger partial charge in [0, 0.05) is 31.0 Å². The maximum atomic E-state index is 12.4. The van der Waals surface area contributed by atoms with Crippen LogP contribution in [0.4, 0.5) is 4.79 Å². The summed E-state index contributed by atoms with van der Waals surface area (Å²) in [5.74, 6) is 1.70. The van der Waals surface area contributed by atoms with E-state index >= 15 is 0 Å². The summed E-state index contributed by atoms with van der Waals surface area (Å²) in [6.45, 7) is 1.38. The van der Waals surface area contributed by atoms with Gasteiger partial charge in [-0.2, -0.15) is 11.8 Å². The van der Waals surface area contributed by atoms with E-state index in [2.05, 4.69) is 5.32 Å². The minimum atomic E-state index is -1.16. The molecule has 2 rings (SSSR count). The van der Waals surface area contributed by atoms with Gasteiger partial charge in [0.1, 0.15) is 6.04 Å². The molecule has 0 bridgehead atoms. The molecule has 108 valence electrons. The average Bonchev–Trinajstić information content (AvgIpc) is 2.47. The lowest BCUT2D eigenvalue weighted by Gasteiger charge is -2.30. The molecule has 0 radical (unpaired) electrons. The van der Waals surface area contributed by atoms with Crippen LogP contribution in [0.15, 0.2) is 30.3 Å². The molecule has 1 fully saturated rings. The summed E-state index contributed by atoms with van der Waals surface area (Å²) < 4.78 is 0. The number of rotatable bonds is 4. The molecule has 1 aromatic rings. The molecule has 1 saturated heterocycles. The van der Waals surface area contributed by atoms with Gasteiger partial charge in [-0.05, 0) is 5.56 Å². The Morgan fingerprint density at radius 1 is 1.25 bits per heavy atom. The van der Waals surface area contributed by atoms with Gasteiger partial charge in [-0.15, -0.1) is 0 Å². The molecule has 0 spiro atoms. The lowest BCUT2D eigenvalue weighted by molar-refractivity contribution is -0.132. The van der Waals surface area contributed by atoms with Gasteiger partial charge in [-0.25, -0.2) is 4.79 Å². The Labute approximate surface area is 122 Å². The molecule has 0 unspecified atom stereocenters. The van der Waals surface area contributed by atoms with Crippen LogP contribution < -0.4 is 5.32 Å². The van der Waals surface area contributed by atoms with Crippen LogP contribution in [0.25, 0.3) is 0 Å². The summed E-state index contributed by atoms with van der Waals surface area (Å²) >= 11 is 1.82.